The SMILES string of the molecule is Cc1nn(C)c2nc(-c3ccccc3)cc(C(=O)N(C)Cc3ccc(OC(F)(F)F)cc3)c12. The first-order valence-electron chi connectivity index (χ1n) is 10.1. The van der Waals surface area contributed by atoms with Crippen molar-refractivity contribution in [1.29, 1.82) is 0 Å². The van der Waals surface area contributed by atoms with Gasteiger partial charge in [0.25, 0.3) is 5.91 Å². The van der Waals surface area contributed by atoms with Gasteiger partial charge >= 0.3 is 6.36 Å². The van der Waals surface area contributed by atoms with Gasteiger partial charge in [-0.15, -0.1) is 13.2 Å². The van der Waals surface area contributed by atoms with Crippen LogP contribution in [0.5, 0.6) is 5.75 Å². The predicted octanol–water partition coefficient (Wildman–Crippen LogP) is 5.11. The van der Waals surface area contributed by atoms with Gasteiger partial charge in [0, 0.05) is 26.2 Å². The molecule has 4 rings (SSSR count). The van der Waals surface area contributed by atoms with Crippen molar-refractivity contribution in [3.63, 3.8) is 0 Å². The van der Waals surface area contributed by atoms with Crippen LogP contribution in [0.1, 0.15) is 21.6 Å². The summed E-state index contributed by atoms with van der Waals surface area (Å²) in [5.41, 5.74) is 3.93. The van der Waals surface area contributed by atoms with Gasteiger partial charge in [0.2, 0.25) is 0 Å². The zero-order chi connectivity index (χ0) is 23.8. The molecule has 0 bridgehead atoms. The molecule has 170 valence electrons. The van der Waals surface area contributed by atoms with Gasteiger partial charge in [-0.3, -0.25) is 9.48 Å². The number of carbonyl (C=O) groups excluding carboxylic acids is 1. The zero-order valence-electron chi connectivity index (χ0n) is 18.2. The smallest absolute Gasteiger partial charge is 0.406 e. The molecule has 6 nitrogen and oxygen atoms in total. The average Bonchev–Trinajstić information content (AvgIpc) is 3.07. The fourth-order valence-electron chi connectivity index (χ4n) is 3.72. The van der Waals surface area contributed by atoms with E-state index in [0.29, 0.717) is 33.5 Å². The maximum Gasteiger partial charge on any atom is 0.573 e. The molecule has 0 fully saturated rings. The van der Waals surface area contributed by atoms with E-state index in [1.54, 1.807) is 24.8 Å². The fraction of sp³-hybridized carbons (Fsp3) is 0.208. The van der Waals surface area contributed by atoms with Crippen molar-refractivity contribution >= 4 is 16.9 Å². The third kappa shape index (κ3) is 4.82. The highest BCUT2D eigenvalue weighted by Gasteiger charge is 2.31. The van der Waals surface area contributed by atoms with E-state index in [0.717, 1.165) is 5.56 Å². The van der Waals surface area contributed by atoms with E-state index in [-0.39, 0.29) is 18.2 Å². The van der Waals surface area contributed by atoms with Gasteiger partial charge in [-0.25, -0.2) is 4.98 Å². The number of aromatic nitrogens is 3. The highest BCUT2D eigenvalue weighted by molar-refractivity contribution is 6.07. The van der Waals surface area contributed by atoms with Crippen LogP contribution in [0.2, 0.25) is 0 Å². The van der Waals surface area contributed by atoms with Gasteiger partial charge in [-0.1, -0.05) is 42.5 Å². The van der Waals surface area contributed by atoms with E-state index < -0.39 is 6.36 Å². The number of hydrogen-bond donors (Lipinski definition) is 0. The van der Waals surface area contributed by atoms with Gasteiger partial charge < -0.3 is 9.64 Å². The molecule has 2 aromatic carbocycles. The van der Waals surface area contributed by atoms with Crippen LogP contribution >= 0.6 is 0 Å². The Bertz CT molecular complexity index is 1300. The Labute approximate surface area is 188 Å². The fourth-order valence-corrected chi connectivity index (χ4v) is 3.72. The Kier molecular flexibility index (Phi) is 5.80. The first-order valence-corrected chi connectivity index (χ1v) is 10.1. The molecule has 1 amide bonds. The van der Waals surface area contributed by atoms with Gasteiger partial charge in [-0.05, 0) is 30.7 Å². The van der Waals surface area contributed by atoms with Crippen molar-refractivity contribution in [3.8, 4) is 17.0 Å². The number of pyridine rings is 1. The molecule has 2 aromatic heterocycles. The van der Waals surface area contributed by atoms with Crippen molar-refractivity contribution in [2.24, 2.45) is 7.05 Å². The van der Waals surface area contributed by atoms with Crippen LogP contribution in [0.3, 0.4) is 0 Å². The molecule has 0 radical (unpaired) electrons. The number of carbonyl (C=O) groups is 1. The van der Waals surface area contributed by atoms with Crippen LogP contribution in [0.4, 0.5) is 13.2 Å². The molecule has 9 heteroatoms. The minimum Gasteiger partial charge on any atom is -0.406 e. The van der Waals surface area contributed by atoms with E-state index >= 15 is 0 Å². The zero-order valence-corrected chi connectivity index (χ0v) is 18.2. The summed E-state index contributed by atoms with van der Waals surface area (Å²) >= 11 is 0. The second-order valence-corrected chi connectivity index (χ2v) is 7.68. The Morgan fingerprint density at radius 1 is 1.09 bits per heavy atom. The second kappa shape index (κ2) is 8.57. The topological polar surface area (TPSA) is 60.2 Å². The number of fused-ring (bicyclic) bond motifs is 1. The number of benzene rings is 2. The molecule has 4 aromatic rings. The van der Waals surface area contributed by atoms with Crippen LogP contribution in [0.25, 0.3) is 22.3 Å². The third-order valence-electron chi connectivity index (χ3n) is 5.19. The summed E-state index contributed by atoms with van der Waals surface area (Å²) in [7, 11) is 3.42. The third-order valence-corrected chi connectivity index (χ3v) is 5.19. The Hall–Kier alpha value is -3.88. The number of rotatable bonds is 5. The van der Waals surface area contributed by atoms with E-state index in [4.69, 9.17) is 4.98 Å². The Morgan fingerprint density at radius 3 is 2.39 bits per heavy atom. The van der Waals surface area contributed by atoms with E-state index in [1.807, 2.05) is 37.3 Å². The van der Waals surface area contributed by atoms with Crippen LogP contribution in [0.15, 0.2) is 60.7 Å². The maximum absolute atomic E-state index is 13.5. The number of hydrogen-bond acceptors (Lipinski definition) is 4. The summed E-state index contributed by atoms with van der Waals surface area (Å²) in [6, 6.07) is 16.7. The molecule has 2 heterocycles. The molecule has 0 unspecified atom stereocenters. The van der Waals surface area contributed by atoms with Crippen molar-refractivity contribution in [2.75, 3.05) is 7.05 Å². The Morgan fingerprint density at radius 2 is 1.76 bits per heavy atom. The van der Waals surface area contributed by atoms with Crippen LogP contribution in [0, 0.1) is 6.92 Å². The molecule has 0 N–H and O–H groups in total. The van der Waals surface area contributed by atoms with Crippen LogP contribution < -0.4 is 4.74 Å². The molecule has 0 aliphatic carbocycles. The summed E-state index contributed by atoms with van der Waals surface area (Å²) in [6.45, 7) is 2.03. The van der Waals surface area contributed by atoms with E-state index in [2.05, 4.69) is 9.84 Å². The van der Waals surface area contributed by atoms with Crippen molar-refractivity contribution in [1.82, 2.24) is 19.7 Å². The lowest BCUT2D eigenvalue weighted by molar-refractivity contribution is -0.274. The quantitative estimate of drug-likeness (QED) is 0.420. The highest BCUT2D eigenvalue weighted by atomic mass is 19.4. The van der Waals surface area contributed by atoms with Gasteiger partial charge in [-0.2, -0.15) is 5.10 Å². The number of halogens is 3. The normalized spacial score (nSPS) is 11.6. The molecule has 0 saturated carbocycles. The number of alkyl halides is 3. The standard InChI is InChI=1S/C24H21F3N4O2/c1-15-21-19(13-20(17-7-5-4-6-8-17)28-22(21)31(3)29-15)23(32)30(2)14-16-9-11-18(12-10-16)33-24(25,26)27/h4-13H,14H2,1-3H3. The molecule has 0 saturated heterocycles. The van der Waals surface area contributed by atoms with Crippen molar-refractivity contribution < 1.29 is 22.7 Å². The number of ether oxygens (including phenoxy) is 1. The van der Waals surface area contributed by atoms with Gasteiger partial charge in [0.15, 0.2) is 5.65 Å². The predicted molar refractivity (Wildman–Crippen MR) is 118 cm³/mol. The summed E-state index contributed by atoms with van der Waals surface area (Å²) in [5.74, 6) is -0.555. The minimum absolute atomic E-state index is 0.203. The monoisotopic (exact) mass is 454 g/mol. The average molecular weight is 454 g/mol. The summed E-state index contributed by atoms with van der Waals surface area (Å²) in [5, 5.41) is 5.10. The van der Waals surface area contributed by atoms with Crippen LogP contribution in [-0.2, 0) is 13.6 Å². The summed E-state index contributed by atoms with van der Waals surface area (Å²) in [6.07, 6.45) is -4.75. The van der Waals surface area contributed by atoms with Gasteiger partial charge in [0.05, 0.1) is 22.3 Å². The number of amides is 1. The van der Waals surface area contributed by atoms with Crippen LogP contribution in [-0.4, -0.2) is 39.0 Å². The summed E-state index contributed by atoms with van der Waals surface area (Å²) < 4.78 is 42.7. The van der Waals surface area contributed by atoms with E-state index in [9.17, 15) is 18.0 Å². The molecular weight excluding hydrogens is 433 g/mol. The Balaban J connectivity index is 1.66. The highest BCUT2D eigenvalue weighted by Crippen LogP contribution is 2.28. The molecule has 0 spiro atoms. The lowest BCUT2D eigenvalue weighted by atomic mass is 10.0. The van der Waals surface area contributed by atoms with Crippen molar-refractivity contribution in [2.45, 2.75) is 19.8 Å². The molecule has 0 aliphatic rings. The minimum atomic E-state index is -4.75. The van der Waals surface area contributed by atoms with Gasteiger partial charge in [0.1, 0.15) is 5.75 Å². The summed E-state index contributed by atoms with van der Waals surface area (Å²) in [4.78, 5) is 19.7. The second-order valence-electron chi connectivity index (χ2n) is 7.68. The lowest BCUT2D eigenvalue weighted by Crippen LogP contribution is -2.26. The molecule has 33 heavy (non-hydrogen) atoms. The molecule has 0 aliphatic heterocycles. The first-order chi connectivity index (χ1) is 15.6. The van der Waals surface area contributed by atoms with E-state index in [1.165, 1.54) is 29.2 Å². The largest absolute Gasteiger partial charge is 0.573 e. The number of aryl methyl sites for hydroxylation is 2. The molecule has 0 atom stereocenters. The maximum atomic E-state index is 13.5. The number of nitrogens with zero attached hydrogens (tertiary/aromatic N) is 4. The first kappa shape index (κ1) is 22.3. The van der Waals surface area contributed by atoms with Crippen molar-refractivity contribution in [3.05, 3.63) is 77.5 Å². The lowest BCUT2D eigenvalue weighted by Gasteiger charge is -2.19. The molecular formula is C24H21F3N4O2.